The first kappa shape index (κ1) is 17.8. The Bertz CT molecular complexity index is 529. The fraction of sp³-hybridized carbons (Fsp3) is 0.588. The van der Waals surface area contributed by atoms with E-state index in [1.807, 2.05) is 6.07 Å². The van der Waals surface area contributed by atoms with Gasteiger partial charge in [0.15, 0.2) is 0 Å². The van der Waals surface area contributed by atoms with Crippen LogP contribution in [-0.4, -0.2) is 66.2 Å². The average Bonchev–Trinajstić information content (AvgIpc) is 2.50. The van der Waals surface area contributed by atoms with Crippen molar-refractivity contribution in [3.8, 4) is 0 Å². The number of aliphatic hydroxyl groups excluding tert-OH is 1. The zero-order valence-electron chi connectivity index (χ0n) is 13.9. The van der Waals surface area contributed by atoms with Gasteiger partial charge in [0.25, 0.3) is 0 Å². The number of benzene rings is 1. The Morgan fingerprint density at radius 2 is 1.96 bits per heavy atom. The number of carbonyl (C=O) groups is 1. The molecule has 1 aliphatic heterocycles. The third-order valence-corrected chi connectivity index (χ3v) is 4.08. The second-order valence-corrected chi connectivity index (χ2v) is 6.29. The highest BCUT2D eigenvalue weighted by Crippen LogP contribution is 2.09. The molecule has 6 heteroatoms. The summed E-state index contributed by atoms with van der Waals surface area (Å²) in [4.78, 5) is 16.3. The predicted molar refractivity (Wildman–Crippen MR) is 87.5 cm³/mol. The number of aliphatic hydroxyl groups is 1. The Labute approximate surface area is 137 Å². The first-order valence-electron chi connectivity index (χ1n) is 8.08. The highest BCUT2D eigenvalue weighted by atomic mass is 19.1. The van der Waals surface area contributed by atoms with Crippen molar-refractivity contribution in [2.75, 3.05) is 39.3 Å². The van der Waals surface area contributed by atoms with Crippen molar-refractivity contribution in [2.24, 2.45) is 0 Å². The number of β-amino-alcohol motifs (C(OH)–C–C–N with tert-alkyl or cyclic N) is 1. The zero-order valence-corrected chi connectivity index (χ0v) is 13.9. The van der Waals surface area contributed by atoms with Gasteiger partial charge in [-0.25, -0.2) is 4.39 Å². The maximum Gasteiger partial charge on any atom is 0.234 e. The molecule has 1 amide bonds. The first-order valence-corrected chi connectivity index (χ1v) is 8.08. The number of hydrogen-bond donors (Lipinski definition) is 2. The quantitative estimate of drug-likeness (QED) is 0.811. The van der Waals surface area contributed by atoms with Gasteiger partial charge in [0.2, 0.25) is 5.91 Å². The number of hydrogen-bond acceptors (Lipinski definition) is 4. The van der Waals surface area contributed by atoms with Crippen LogP contribution in [0.25, 0.3) is 0 Å². The molecule has 2 rings (SSSR count). The number of nitrogens with one attached hydrogen (secondary N) is 1. The van der Waals surface area contributed by atoms with Crippen LogP contribution < -0.4 is 5.32 Å². The van der Waals surface area contributed by atoms with Crippen molar-refractivity contribution in [3.63, 3.8) is 0 Å². The smallest absolute Gasteiger partial charge is 0.234 e. The second-order valence-electron chi connectivity index (χ2n) is 6.29. The maximum atomic E-state index is 13.5. The molecule has 2 N–H and O–H groups in total. The molecule has 1 heterocycles. The molecule has 1 fully saturated rings. The summed E-state index contributed by atoms with van der Waals surface area (Å²) in [5.74, 6) is -0.291. The van der Waals surface area contributed by atoms with E-state index >= 15 is 0 Å². The molecule has 1 aromatic rings. The zero-order chi connectivity index (χ0) is 16.8. The molecular weight excluding hydrogens is 297 g/mol. The van der Waals surface area contributed by atoms with Crippen LogP contribution in [-0.2, 0) is 11.3 Å². The third kappa shape index (κ3) is 5.89. The molecule has 0 radical (unpaired) electrons. The Balaban J connectivity index is 1.70. The molecule has 0 saturated carbocycles. The lowest BCUT2D eigenvalue weighted by Crippen LogP contribution is -2.50. The standard InChI is InChI=1S/C17H26FN3O2/c1-13-3-4-15(9-16(13)18)10-19-17(23)12-21-7-5-20(6-8-21)11-14(2)22/h3-4,9,14,22H,5-8,10-12H2,1-2H3,(H,19,23). The number of halogens is 1. The van der Waals surface area contributed by atoms with Gasteiger partial charge >= 0.3 is 0 Å². The monoisotopic (exact) mass is 323 g/mol. The lowest BCUT2D eigenvalue weighted by Gasteiger charge is -2.34. The lowest BCUT2D eigenvalue weighted by molar-refractivity contribution is -0.122. The largest absolute Gasteiger partial charge is 0.392 e. The highest BCUT2D eigenvalue weighted by Gasteiger charge is 2.19. The number of carbonyl (C=O) groups excluding carboxylic acids is 1. The number of rotatable bonds is 6. The van der Waals surface area contributed by atoms with E-state index in [4.69, 9.17) is 0 Å². The van der Waals surface area contributed by atoms with E-state index in [2.05, 4.69) is 15.1 Å². The number of piperazine rings is 1. The Hall–Kier alpha value is -1.50. The molecule has 5 nitrogen and oxygen atoms in total. The van der Waals surface area contributed by atoms with E-state index in [9.17, 15) is 14.3 Å². The van der Waals surface area contributed by atoms with Crippen LogP contribution >= 0.6 is 0 Å². The molecule has 128 valence electrons. The molecule has 1 atom stereocenters. The summed E-state index contributed by atoms with van der Waals surface area (Å²) in [5.41, 5.74) is 1.37. The van der Waals surface area contributed by atoms with Crippen LogP contribution in [0.15, 0.2) is 18.2 Å². The van der Waals surface area contributed by atoms with Gasteiger partial charge in [-0.2, -0.15) is 0 Å². The maximum absolute atomic E-state index is 13.5. The lowest BCUT2D eigenvalue weighted by atomic mass is 10.1. The minimum Gasteiger partial charge on any atom is -0.392 e. The Morgan fingerprint density at radius 1 is 1.30 bits per heavy atom. The summed E-state index contributed by atoms with van der Waals surface area (Å²) in [6.45, 7) is 8.25. The molecule has 0 aromatic heterocycles. The molecule has 0 aliphatic carbocycles. The third-order valence-electron chi connectivity index (χ3n) is 4.08. The predicted octanol–water partition coefficient (Wildman–Crippen LogP) is 0.749. The van der Waals surface area contributed by atoms with Gasteiger partial charge in [0.1, 0.15) is 5.82 Å². The summed E-state index contributed by atoms with van der Waals surface area (Å²) < 4.78 is 13.5. The fourth-order valence-electron chi connectivity index (χ4n) is 2.71. The summed E-state index contributed by atoms with van der Waals surface area (Å²) in [7, 11) is 0. The second kappa shape index (κ2) is 8.38. The molecule has 0 bridgehead atoms. The van der Waals surface area contributed by atoms with Crippen LogP contribution in [0.2, 0.25) is 0 Å². The summed E-state index contributed by atoms with van der Waals surface area (Å²) in [6, 6.07) is 5.01. The van der Waals surface area contributed by atoms with Crippen molar-refractivity contribution in [3.05, 3.63) is 35.1 Å². The Morgan fingerprint density at radius 3 is 2.57 bits per heavy atom. The van der Waals surface area contributed by atoms with E-state index in [-0.39, 0.29) is 17.8 Å². The fourth-order valence-corrected chi connectivity index (χ4v) is 2.71. The normalized spacial score (nSPS) is 17.9. The van der Waals surface area contributed by atoms with Crippen molar-refractivity contribution >= 4 is 5.91 Å². The van der Waals surface area contributed by atoms with E-state index < -0.39 is 0 Å². The van der Waals surface area contributed by atoms with Gasteiger partial charge in [0.05, 0.1) is 12.6 Å². The minimum absolute atomic E-state index is 0.0463. The van der Waals surface area contributed by atoms with Gasteiger partial charge < -0.3 is 10.4 Å². The van der Waals surface area contributed by atoms with E-state index in [1.165, 1.54) is 6.07 Å². The van der Waals surface area contributed by atoms with Crippen LogP contribution in [0.4, 0.5) is 4.39 Å². The molecule has 23 heavy (non-hydrogen) atoms. The highest BCUT2D eigenvalue weighted by molar-refractivity contribution is 5.78. The van der Waals surface area contributed by atoms with Gasteiger partial charge in [-0.05, 0) is 31.0 Å². The van der Waals surface area contributed by atoms with Crippen molar-refractivity contribution in [2.45, 2.75) is 26.5 Å². The van der Waals surface area contributed by atoms with Gasteiger partial charge in [-0.1, -0.05) is 12.1 Å². The van der Waals surface area contributed by atoms with Crippen LogP contribution in [0.3, 0.4) is 0 Å². The van der Waals surface area contributed by atoms with Gasteiger partial charge in [-0.15, -0.1) is 0 Å². The molecule has 0 spiro atoms. The van der Waals surface area contributed by atoms with E-state index in [0.717, 1.165) is 31.7 Å². The summed E-state index contributed by atoms with van der Waals surface area (Å²) in [5, 5.41) is 12.2. The van der Waals surface area contributed by atoms with Crippen LogP contribution in [0.1, 0.15) is 18.1 Å². The number of nitrogens with zero attached hydrogens (tertiary/aromatic N) is 2. The van der Waals surface area contributed by atoms with Crippen molar-refractivity contribution < 1.29 is 14.3 Å². The molecule has 1 unspecified atom stereocenters. The van der Waals surface area contributed by atoms with Crippen molar-refractivity contribution in [1.82, 2.24) is 15.1 Å². The number of amides is 1. The van der Waals surface area contributed by atoms with E-state index in [1.54, 1.807) is 19.9 Å². The van der Waals surface area contributed by atoms with Gasteiger partial charge in [0, 0.05) is 39.3 Å². The van der Waals surface area contributed by atoms with Crippen LogP contribution in [0.5, 0.6) is 0 Å². The topological polar surface area (TPSA) is 55.8 Å². The van der Waals surface area contributed by atoms with Crippen molar-refractivity contribution in [1.29, 1.82) is 0 Å². The molecule has 1 aromatic carbocycles. The summed E-state index contributed by atoms with van der Waals surface area (Å²) >= 11 is 0. The van der Waals surface area contributed by atoms with Crippen LogP contribution in [0, 0.1) is 12.7 Å². The Kier molecular flexibility index (Phi) is 6.50. The molecule has 1 saturated heterocycles. The number of aryl methyl sites for hydroxylation is 1. The van der Waals surface area contributed by atoms with E-state index in [0.29, 0.717) is 25.2 Å². The molecule has 1 aliphatic rings. The SMILES string of the molecule is Cc1ccc(CNC(=O)CN2CCN(CC(C)O)CC2)cc1F. The van der Waals surface area contributed by atoms with Gasteiger partial charge in [-0.3, -0.25) is 14.6 Å². The molecular formula is C17H26FN3O2. The first-order chi connectivity index (χ1) is 10.9. The summed E-state index contributed by atoms with van der Waals surface area (Å²) in [6.07, 6.45) is -0.320. The average molecular weight is 323 g/mol. The minimum atomic E-state index is -0.320.